The second kappa shape index (κ2) is 9.18. The van der Waals surface area contributed by atoms with Crippen LogP contribution >= 0.6 is 11.8 Å². The van der Waals surface area contributed by atoms with E-state index in [1.165, 1.54) is 6.07 Å². The van der Waals surface area contributed by atoms with Crippen LogP contribution in [0, 0.1) is 13.8 Å². The summed E-state index contributed by atoms with van der Waals surface area (Å²) in [6.45, 7) is 5.16. The minimum absolute atomic E-state index is 0.0132. The zero-order chi connectivity index (χ0) is 21.9. The van der Waals surface area contributed by atoms with Crippen LogP contribution in [0.3, 0.4) is 0 Å². The summed E-state index contributed by atoms with van der Waals surface area (Å²) in [5, 5.41) is 0.642. The summed E-state index contributed by atoms with van der Waals surface area (Å²) in [6.07, 6.45) is -3.83. The minimum Gasteiger partial charge on any atom is -0.385 e. The third kappa shape index (κ3) is 4.84. The van der Waals surface area contributed by atoms with Crippen LogP contribution in [0.4, 0.5) is 13.2 Å². The maximum atomic E-state index is 13.2. The first-order valence-electron chi connectivity index (χ1n) is 9.38. The highest BCUT2D eigenvalue weighted by Crippen LogP contribution is 2.32. The van der Waals surface area contributed by atoms with Gasteiger partial charge in [-0.05, 0) is 32.4 Å². The van der Waals surface area contributed by atoms with Crippen molar-refractivity contribution in [2.24, 2.45) is 0 Å². The highest BCUT2D eigenvalue weighted by Gasteiger charge is 2.35. The fourth-order valence-electron chi connectivity index (χ4n) is 3.29. The molecule has 5 nitrogen and oxygen atoms in total. The van der Waals surface area contributed by atoms with E-state index >= 15 is 0 Å². The van der Waals surface area contributed by atoms with Gasteiger partial charge in [0.15, 0.2) is 5.78 Å². The Morgan fingerprint density at radius 1 is 1.20 bits per heavy atom. The van der Waals surface area contributed by atoms with Gasteiger partial charge in [0.2, 0.25) is 5.82 Å². The van der Waals surface area contributed by atoms with Crippen LogP contribution in [0.2, 0.25) is 0 Å². The van der Waals surface area contributed by atoms with E-state index in [4.69, 9.17) is 4.74 Å². The molecule has 0 spiro atoms. The third-order valence-corrected chi connectivity index (χ3v) is 5.76. The number of nitrogens with zero attached hydrogens (tertiary/aromatic N) is 3. The number of aromatic nitrogens is 3. The Morgan fingerprint density at radius 3 is 2.63 bits per heavy atom. The topological polar surface area (TPSA) is 57.0 Å². The SMILES string of the molecule is COCCCn1c(C)cc(C(=O)CSc2nc(C(F)(F)F)nc3ccccc23)c1C. The van der Waals surface area contributed by atoms with Crippen molar-refractivity contribution in [3.8, 4) is 0 Å². The molecule has 0 unspecified atom stereocenters. The Labute approximate surface area is 176 Å². The number of halogens is 3. The zero-order valence-corrected chi connectivity index (χ0v) is 17.7. The van der Waals surface area contributed by atoms with E-state index in [0.717, 1.165) is 36.1 Å². The maximum absolute atomic E-state index is 13.2. The molecule has 0 aliphatic carbocycles. The van der Waals surface area contributed by atoms with Crippen LogP contribution in [0.1, 0.15) is 34.0 Å². The highest BCUT2D eigenvalue weighted by molar-refractivity contribution is 8.00. The number of hydrogen-bond acceptors (Lipinski definition) is 5. The molecule has 0 saturated carbocycles. The molecule has 0 fully saturated rings. The number of fused-ring (bicyclic) bond motifs is 1. The molecule has 0 bridgehead atoms. The molecule has 2 aromatic heterocycles. The van der Waals surface area contributed by atoms with Crippen LogP contribution in [-0.2, 0) is 17.5 Å². The Kier molecular flexibility index (Phi) is 6.82. The third-order valence-electron chi connectivity index (χ3n) is 4.77. The number of Topliss-reactive ketones (excluding diaryl/α,β-unsaturated/α-hetero) is 1. The molecule has 0 aliphatic heterocycles. The second-order valence-electron chi connectivity index (χ2n) is 6.86. The first kappa shape index (κ1) is 22.3. The van der Waals surface area contributed by atoms with Gasteiger partial charge >= 0.3 is 6.18 Å². The first-order valence-corrected chi connectivity index (χ1v) is 10.4. The Hall–Kier alpha value is -2.39. The molecule has 0 radical (unpaired) electrons. The van der Waals surface area contributed by atoms with Crippen LogP contribution in [0.5, 0.6) is 0 Å². The Bertz CT molecular complexity index is 1060. The van der Waals surface area contributed by atoms with Crippen molar-refractivity contribution in [2.75, 3.05) is 19.5 Å². The first-order chi connectivity index (χ1) is 14.2. The van der Waals surface area contributed by atoms with Gasteiger partial charge in [-0.2, -0.15) is 13.2 Å². The van der Waals surface area contributed by atoms with E-state index in [2.05, 4.69) is 14.5 Å². The predicted molar refractivity (Wildman–Crippen MR) is 110 cm³/mol. The van der Waals surface area contributed by atoms with Gasteiger partial charge in [-0.1, -0.05) is 30.0 Å². The lowest BCUT2D eigenvalue weighted by molar-refractivity contribution is -0.145. The van der Waals surface area contributed by atoms with E-state index in [0.29, 0.717) is 17.6 Å². The highest BCUT2D eigenvalue weighted by atomic mass is 32.2. The fraction of sp³-hybridized carbons (Fsp3) is 0.381. The number of ether oxygens (including phenoxy) is 1. The molecule has 1 aromatic carbocycles. The molecule has 0 atom stereocenters. The van der Waals surface area contributed by atoms with Crippen LogP contribution in [0.15, 0.2) is 35.4 Å². The average Bonchev–Trinajstić information content (AvgIpc) is 2.99. The normalized spacial score (nSPS) is 11.9. The summed E-state index contributed by atoms with van der Waals surface area (Å²) in [5.41, 5.74) is 2.58. The van der Waals surface area contributed by atoms with E-state index in [-0.39, 0.29) is 22.1 Å². The molecule has 160 valence electrons. The molecule has 0 N–H and O–H groups in total. The summed E-state index contributed by atoms with van der Waals surface area (Å²) in [5.74, 6) is -1.37. The van der Waals surface area contributed by atoms with Gasteiger partial charge < -0.3 is 9.30 Å². The predicted octanol–water partition coefficient (Wildman–Crippen LogP) is 5.08. The molecule has 0 saturated heterocycles. The molecule has 0 aliphatic rings. The van der Waals surface area contributed by atoms with Crippen molar-refractivity contribution in [3.05, 3.63) is 53.1 Å². The summed E-state index contributed by atoms with van der Waals surface area (Å²) in [7, 11) is 1.64. The number of rotatable bonds is 8. The number of benzene rings is 1. The summed E-state index contributed by atoms with van der Waals surface area (Å²) < 4.78 is 46.7. The van der Waals surface area contributed by atoms with E-state index in [1.54, 1.807) is 25.3 Å². The molecule has 3 aromatic rings. The van der Waals surface area contributed by atoms with Crippen molar-refractivity contribution in [1.29, 1.82) is 0 Å². The van der Waals surface area contributed by atoms with Crippen molar-refractivity contribution >= 4 is 28.4 Å². The smallest absolute Gasteiger partial charge is 0.385 e. The maximum Gasteiger partial charge on any atom is 0.451 e. The quantitative estimate of drug-likeness (QED) is 0.213. The number of ketones is 1. The van der Waals surface area contributed by atoms with Gasteiger partial charge in [0, 0.05) is 42.6 Å². The standard InChI is InChI=1S/C21H22F3N3O2S/c1-13-11-16(14(2)27(13)9-6-10-29-3)18(28)12-30-19-15-7-4-5-8-17(15)25-20(26-19)21(22,23)24/h4-5,7-8,11H,6,9-10,12H2,1-3H3. The number of para-hydroxylation sites is 1. The molecule has 30 heavy (non-hydrogen) atoms. The zero-order valence-electron chi connectivity index (χ0n) is 16.9. The molecule has 0 amide bonds. The lowest BCUT2D eigenvalue weighted by Crippen LogP contribution is -2.12. The molecule has 2 heterocycles. The number of alkyl halides is 3. The minimum atomic E-state index is -4.66. The largest absolute Gasteiger partial charge is 0.451 e. The van der Waals surface area contributed by atoms with Crippen molar-refractivity contribution in [2.45, 2.75) is 38.0 Å². The van der Waals surface area contributed by atoms with Gasteiger partial charge in [-0.3, -0.25) is 4.79 Å². The number of methoxy groups -OCH3 is 1. The lowest BCUT2D eigenvalue weighted by atomic mass is 10.2. The average molecular weight is 437 g/mol. The second-order valence-corrected chi connectivity index (χ2v) is 7.83. The van der Waals surface area contributed by atoms with Crippen molar-refractivity contribution < 1.29 is 22.7 Å². The summed E-state index contributed by atoms with van der Waals surface area (Å²) in [6, 6.07) is 8.31. The van der Waals surface area contributed by atoms with Crippen molar-refractivity contribution in [1.82, 2.24) is 14.5 Å². The Balaban J connectivity index is 1.83. The van der Waals surface area contributed by atoms with E-state index < -0.39 is 12.0 Å². The van der Waals surface area contributed by atoms with Gasteiger partial charge in [0.25, 0.3) is 0 Å². The van der Waals surface area contributed by atoms with E-state index in [9.17, 15) is 18.0 Å². The van der Waals surface area contributed by atoms with Crippen LogP contribution in [0.25, 0.3) is 10.9 Å². The molecule has 9 heteroatoms. The number of carbonyl (C=O) groups excluding carboxylic acids is 1. The van der Waals surface area contributed by atoms with Crippen LogP contribution < -0.4 is 0 Å². The molecular formula is C21H22F3N3O2S. The number of carbonyl (C=O) groups is 1. The van der Waals surface area contributed by atoms with Gasteiger partial charge in [-0.25, -0.2) is 9.97 Å². The monoisotopic (exact) mass is 437 g/mol. The van der Waals surface area contributed by atoms with Crippen LogP contribution in [-0.4, -0.2) is 39.8 Å². The van der Waals surface area contributed by atoms with Gasteiger partial charge in [0.1, 0.15) is 5.03 Å². The van der Waals surface area contributed by atoms with Crippen molar-refractivity contribution in [3.63, 3.8) is 0 Å². The summed E-state index contributed by atoms with van der Waals surface area (Å²) in [4.78, 5) is 20.1. The van der Waals surface area contributed by atoms with E-state index in [1.807, 2.05) is 19.9 Å². The molecular weight excluding hydrogens is 415 g/mol. The van der Waals surface area contributed by atoms with Gasteiger partial charge in [0.05, 0.1) is 11.3 Å². The lowest BCUT2D eigenvalue weighted by Gasteiger charge is -2.10. The Morgan fingerprint density at radius 2 is 1.93 bits per heavy atom. The number of thioether (sulfide) groups is 1. The molecule has 3 rings (SSSR count). The summed E-state index contributed by atoms with van der Waals surface area (Å²) >= 11 is 0.999. The number of aryl methyl sites for hydroxylation is 1. The number of hydrogen-bond donors (Lipinski definition) is 0. The fourth-order valence-corrected chi connectivity index (χ4v) is 4.19. The van der Waals surface area contributed by atoms with Gasteiger partial charge in [-0.15, -0.1) is 0 Å².